The molecule has 0 aliphatic heterocycles. The Morgan fingerprint density at radius 2 is 1.64 bits per heavy atom. The smallest absolute Gasteiger partial charge is 0.293 e. The fourth-order valence-corrected chi connectivity index (χ4v) is 2.69. The maximum absolute atomic E-state index is 12.9. The number of benzene rings is 1. The van der Waals surface area contributed by atoms with E-state index >= 15 is 0 Å². The van der Waals surface area contributed by atoms with Gasteiger partial charge in [0.1, 0.15) is 5.69 Å². The summed E-state index contributed by atoms with van der Waals surface area (Å²) in [6.45, 7) is 7.47. The molecule has 0 saturated heterocycles. The molecule has 1 aromatic heterocycles. The summed E-state index contributed by atoms with van der Waals surface area (Å²) >= 11 is 0. The van der Waals surface area contributed by atoms with Crippen LogP contribution in [-0.4, -0.2) is 15.3 Å². The molecule has 2 aromatic rings. The van der Waals surface area contributed by atoms with Gasteiger partial charge in [-0.05, 0) is 31.9 Å². The van der Waals surface area contributed by atoms with E-state index in [2.05, 4.69) is 4.98 Å². The maximum atomic E-state index is 12.9. The molecule has 0 spiro atoms. The third-order valence-corrected chi connectivity index (χ3v) is 3.64. The number of carbonyl (C=O) groups excluding carboxylic acids is 1. The quantitative estimate of drug-likeness (QED) is 0.882. The second-order valence-electron chi connectivity index (χ2n) is 5.94. The van der Waals surface area contributed by atoms with Crippen molar-refractivity contribution in [2.75, 3.05) is 0 Å². The number of carbonyl (C=O) groups is 1. The standard InChI is InChI=1S/C17H20N2O3/c1-9(2)13-14(19(5)17(22)18-16(13)21)15(20)12-7-10(3)6-11(4)8-12/h6-9H,1-5H3,(H,18,21,22). The van der Waals surface area contributed by atoms with Crippen molar-refractivity contribution < 1.29 is 4.79 Å². The highest BCUT2D eigenvalue weighted by Gasteiger charge is 2.23. The van der Waals surface area contributed by atoms with E-state index in [1.54, 1.807) is 12.1 Å². The Labute approximate surface area is 128 Å². The largest absolute Gasteiger partial charge is 0.328 e. The van der Waals surface area contributed by atoms with Crippen LogP contribution in [0.4, 0.5) is 0 Å². The average molecular weight is 300 g/mol. The normalized spacial score (nSPS) is 11.0. The van der Waals surface area contributed by atoms with Crippen molar-refractivity contribution in [3.05, 3.63) is 67.0 Å². The molecule has 22 heavy (non-hydrogen) atoms. The fraction of sp³-hybridized carbons (Fsp3) is 0.353. The van der Waals surface area contributed by atoms with E-state index in [9.17, 15) is 14.4 Å². The van der Waals surface area contributed by atoms with Crippen LogP contribution in [0.25, 0.3) is 0 Å². The summed E-state index contributed by atoms with van der Waals surface area (Å²) in [6, 6.07) is 5.51. The van der Waals surface area contributed by atoms with Crippen molar-refractivity contribution in [2.45, 2.75) is 33.6 Å². The molecule has 5 heteroatoms. The molecule has 0 atom stereocenters. The van der Waals surface area contributed by atoms with Gasteiger partial charge >= 0.3 is 5.69 Å². The van der Waals surface area contributed by atoms with Crippen LogP contribution in [0.1, 0.15) is 52.5 Å². The van der Waals surface area contributed by atoms with Crippen molar-refractivity contribution in [3.8, 4) is 0 Å². The lowest BCUT2D eigenvalue weighted by Crippen LogP contribution is -2.36. The molecule has 0 amide bonds. The number of aryl methyl sites for hydroxylation is 2. The minimum atomic E-state index is -0.581. The molecule has 0 aliphatic carbocycles. The maximum Gasteiger partial charge on any atom is 0.328 e. The van der Waals surface area contributed by atoms with Crippen molar-refractivity contribution in [3.63, 3.8) is 0 Å². The molecule has 0 bridgehead atoms. The Morgan fingerprint density at radius 1 is 1.09 bits per heavy atom. The topological polar surface area (TPSA) is 71.9 Å². The summed E-state index contributed by atoms with van der Waals surface area (Å²) in [6.07, 6.45) is 0. The van der Waals surface area contributed by atoms with Crippen LogP contribution in [-0.2, 0) is 7.05 Å². The highest BCUT2D eigenvalue weighted by Crippen LogP contribution is 2.19. The first kappa shape index (κ1) is 15.9. The third kappa shape index (κ3) is 2.79. The van der Waals surface area contributed by atoms with Crippen LogP contribution < -0.4 is 11.2 Å². The first-order valence-electron chi connectivity index (χ1n) is 7.18. The number of nitrogens with one attached hydrogen (secondary N) is 1. The van der Waals surface area contributed by atoms with E-state index in [-0.39, 0.29) is 17.4 Å². The zero-order chi connectivity index (χ0) is 16.6. The number of ketones is 1. The van der Waals surface area contributed by atoms with E-state index < -0.39 is 11.2 Å². The Balaban J connectivity index is 2.78. The third-order valence-electron chi connectivity index (χ3n) is 3.64. The first-order valence-corrected chi connectivity index (χ1v) is 7.18. The Kier molecular flexibility index (Phi) is 4.17. The Hall–Kier alpha value is -2.43. The lowest BCUT2D eigenvalue weighted by atomic mass is 9.95. The van der Waals surface area contributed by atoms with Crippen LogP contribution in [0.3, 0.4) is 0 Å². The second-order valence-corrected chi connectivity index (χ2v) is 5.94. The number of aromatic nitrogens is 2. The molecule has 0 radical (unpaired) electrons. The summed E-state index contributed by atoms with van der Waals surface area (Å²) in [4.78, 5) is 39.1. The number of rotatable bonds is 3. The minimum Gasteiger partial charge on any atom is -0.293 e. The number of hydrogen-bond donors (Lipinski definition) is 1. The van der Waals surface area contributed by atoms with Crippen molar-refractivity contribution in [2.24, 2.45) is 7.05 Å². The molecule has 116 valence electrons. The van der Waals surface area contributed by atoms with Gasteiger partial charge in [0.05, 0.1) is 0 Å². The number of nitrogens with zero attached hydrogens (tertiary/aromatic N) is 1. The molecule has 5 nitrogen and oxygen atoms in total. The van der Waals surface area contributed by atoms with Crippen molar-refractivity contribution in [1.82, 2.24) is 9.55 Å². The molecule has 0 aliphatic rings. The van der Waals surface area contributed by atoms with Gasteiger partial charge in [0.15, 0.2) is 0 Å². The number of H-pyrrole nitrogens is 1. The molecule has 2 rings (SSSR count). The molecular weight excluding hydrogens is 280 g/mol. The molecule has 1 N–H and O–H groups in total. The van der Waals surface area contributed by atoms with Crippen LogP contribution in [0, 0.1) is 13.8 Å². The highest BCUT2D eigenvalue weighted by atomic mass is 16.2. The molecule has 0 unspecified atom stereocenters. The summed E-state index contributed by atoms with van der Waals surface area (Å²) in [7, 11) is 1.50. The van der Waals surface area contributed by atoms with Gasteiger partial charge in [0.25, 0.3) is 5.56 Å². The van der Waals surface area contributed by atoms with Crippen LogP contribution >= 0.6 is 0 Å². The first-order chi connectivity index (χ1) is 10.2. The van der Waals surface area contributed by atoms with Gasteiger partial charge in [-0.1, -0.05) is 31.0 Å². The van der Waals surface area contributed by atoms with Crippen molar-refractivity contribution >= 4 is 5.78 Å². The van der Waals surface area contributed by atoms with E-state index in [4.69, 9.17) is 0 Å². The summed E-state index contributed by atoms with van der Waals surface area (Å²) in [5, 5.41) is 0. The van der Waals surface area contributed by atoms with Gasteiger partial charge in [-0.15, -0.1) is 0 Å². The van der Waals surface area contributed by atoms with Crippen LogP contribution in [0.2, 0.25) is 0 Å². The lowest BCUT2D eigenvalue weighted by Gasteiger charge is -2.15. The zero-order valence-electron chi connectivity index (χ0n) is 13.5. The van der Waals surface area contributed by atoms with Gasteiger partial charge in [-0.2, -0.15) is 0 Å². The summed E-state index contributed by atoms with van der Waals surface area (Å²) in [5.74, 6) is -0.471. The average Bonchev–Trinajstić information content (AvgIpc) is 2.40. The van der Waals surface area contributed by atoms with Crippen molar-refractivity contribution in [1.29, 1.82) is 0 Å². The minimum absolute atomic E-state index is 0.161. The van der Waals surface area contributed by atoms with Gasteiger partial charge in [-0.3, -0.25) is 19.1 Å². The molecule has 0 saturated carbocycles. The molecule has 1 aromatic carbocycles. The number of hydrogen-bond acceptors (Lipinski definition) is 3. The van der Waals surface area contributed by atoms with Crippen LogP contribution in [0.15, 0.2) is 27.8 Å². The SMILES string of the molecule is Cc1cc(C)cc(C(=O)c2c(C(C)C)c(=O)[nH]c(=O)n2C)c1. The number of aromatic amines is 1. The van der Waals surface area contributed by atoms with Gasteiger partial charge < -0.3 is 0 Å². The summed E-state index contributed by atoms with van der Waals surface area (Å²) in [5.41, 5.74) is 1.83. The van der Waals surface area contributed by atoms with E-state index in [1.165, 1.54) is 11.6 Å². The van der Waals surface area contributed by atoms with E-state index in [0.29, 0.717) is 11.1 Å². The molecule has 1 heterocycles. The van der Waals surface area contributed by atoms with Crippen LogP contribution in [0.5, 0.6) is 0 Å². The van der Waals surface area contributed by atoms with Gasteiger partial charge in [-0.25, -0.2) is 4.79 Å². The fourth-order valence-electron chi connectivity index (χ4n) is 2.69. The summed E-state index contributed by atoms with van der Waals surface area (Å²) < 4.78 is 1.22. The molecular formula is C17H20N2O3. The Bertz CT molecular complexity index is 837. The van der Waals surface area contributed by atoms with Gasteiger partial charge in [0.2, 0.25) is 5.78 Å². The Morgan fingerprint density at radius 3 is 2.14 bits per heavy atom. The predicted octanol–water partition coefficient (Wildman–Crippen LogP) is 2.04. The molecule has 0 fully saturated rings. The van der Waals surface area contributed by atoms with Gasteiger partial charge in [0, 0.05) is 18.2 Å². The van der Waals surface area contributed by atoms with E-state index in [1.807, 2.05) is 33.8 Å². The predicted molar refractivity (Wildman–Crippen MR) is 85.7 cm³/mol. The highest BCUT2D eigenvalue weighted by molar-refractivity contribution is 6.09. The van der Waals surface area contributed by atoms with E-state index in [0.717, 1.165) is 11.1 Å². The lowest BCUT2D eigenvalue weighted by molar-refractivity contribution is 0.102. The zero-order valence-corrected chi connectivity index (χ0v) is 13.5. The monoisotopic (exact) mass is 300 g/mol. The second kappa shape index (κ2) is 5.75.